The Morgan fingerprint density at radius 3 is 2.44 bits per heavy atom. The van der Waals surface area contributed by atoms with E-state index in [1.807, 2.05) is 38.2 Å². The highest BCUT2D eigenvalue weighted by Crippen LogP contribution is 2.68. The van der Waals surface area contributed by atoms with Crippen LogP contribution in [0.3, 0.4) is 0 Å². The Morgan fingerprint density at radius 2 is 1.72 bits per heavy atom. The Bertz CT molecular complexity index is 883. The lowest BCUT2D eigenvalue weighted by atomic mass is 9.44. The molecule has 36 heavy (non-hydrogen) atoms. The van der Waals surface area contributed by atoms with Gasteiger partial charge in [0.15, 0.2) is 0 Å². The van der Waals surface area contributed by atoms with E-state index >= 15 is 0 Å². The van der Waals surface area contributed by atoms with Gasteiger partial charge in [-0.2, -0.15) is 0 Å². The van der Waals surface area contributed by atoms with Crippen LogP contribution in [0.25, 0.3) is 0 Å². The molecule has 0 aliphatic heterocycles. The van der Waals surface area contributed by atoms with Crippen molar-refractivity contribution in [2.75, 3.05) is 0 Å². The van der Waals surface area contributed by atoms with E-state index in [9.17, 15) is 10.2 Å². The van der Waals surface area contributed by atoms with Crippen LogP contribution in [-0.2, 0) is 11.3 Å². The van der Waals surface area contributed by atoms with Crippen LogP contribution in [0.15, 0.2) is 24.4 Å². The number of hydrogen-bond acceptors (Lipinski definition) is 4. The summed E-state index contributed by atoms with van der Waals surface area (Å²) in [5, 5.41) is 21.8. The Kier molecular flexibility index (Phi) is 7.37. The number of fused-ring (bicyclic) bond motifs is 5. The van der Waals surface area contributed by atoms with Crippen molar-refractivity contribution >= 4 is 0 Å². The first-order chi connectivity index (χ1) is 17.0. The summed E-state index contributed by atoms with van der Waals surface area (Å²) in [6.07, 6.45) is 13.4. The molecule has 4 heteroatoms. The second-order valence-corrected chi connectivity index (χ2v) is 14.3. The van der Waals surface area contributed by atoms with Crippen molar-refractivity contribution in [1.82, 2.24) is 4.98 Å². The van der Waals surface area contributed by atoms with Gasteiger partial charge in [0.2, 0.25) is 0 Å². The summed E-state index contributed by atoms with van der Waals surface area (Å²) in [6.45, 7) is 12.0. The van der Waals surface area contributed by atoms with Crippen molar-refractivity contribution in [3.63, 3.8) is 0 Å². The topological polar surface area (TPSA) is 62.6 Å². The molecule has 0 bridgehead atoms. The van der Waals surface area contributed by atoms with Crippen LogP contribution < -0.4 is 0 Å². The SMILES string of the molecule is C[C@H](CCC(C)(C)O)[C@H]1CC[C@H]2[C@@H]3CC[C@H]4[C@@H](O)[C@@H](OCc5ccccn5)CC[C@]4(C)[C@H]3CC[C@]12C. The summed E-state index contributed by atoms with van der Waals surface area (Å²) in [4.78, 5) is 4.40. The molecule has 10 atom stereocenters. The average Bonchev–Trinajstić information content (AvgIpc) is 3.19. The minimum absolute atomic E-state index is 0.0667. The normalized spacial score (nSPS) is 43.4. The van der Waals surface area contributed by atoms with Gasteiger partial charge in [-0.3, -0.25) is 4.98 Å². The molecular formula is C32H51NO3. The van der Waals surface area contributed by atoms with Crippen molar-refractivity contribution in [3.8, 4) is 0 Å². The van der Waals surface area contributed by atoms with Crippen molar-refractivity contribution in [2.45, 2.75) is 123 Å². The van der Waals surface area contributed by atoms with E-state index in [0.29, 0.717) is 23.9 Å². The van der Waals surface area contributed by atoms with Crippen LogP contribution in [0, 0.1) is 46.3 Å². The maximum Gasteiger partial charge on any atom is 0.0892 e. The fraction of sp³-hybridized carbons (Fsp3) is 0.844. The molecule has 0 aromatic carbocycles. The van der Waals surface area contributed by atoms with Gasteiger partial charge in [0.1, 0.15) is 0 Å². The third-order valence-corrected chi connectivity index (χ3v) is 11.8. The molecule has 202 valence electrons. The molecular weight excluding hydrogens is 446 g/mol. The smallest absolute Gasteiger partial charge is 0.0892 e. The second kappa shape index (κ2) is 9.97. The molecule has 4 nitrogen and oxygen atoms in total. The molecule has 4 aliphatic rings. The molecule has 1 aromatic rings. The van der Waals surface area contributed by atoms with Crippen LogP contribution in [0.5, 0.6) is 0 Å². The monoisotopic (exact) mass is 497 g/mol. The lowest BCUT2D eigenvalue weighted by Gasteiger charge is -2.62. The van der Waals surface area contributed by atoms with Gasteiger partial charge in [-0.1, -0.05) is 26.8 Å². The minimum Gasteiger partial charge on any atom is -0.390 e. The third kappa shape index (κ3) is 4.80. The predicted octanol–water partition coefficient (Wildman–Crippen LogP) is 6.78. The number of aliphatic hydroxyl groups excluding tert-OH is 1. The van der Waals surface area contributed by atoms with Gasteiger partial charge in [-0.25, -0.2) is 0 Å². The first-order valence-corrected chi connectivity index (χ1v) is 14.9. The van der Waals surface area contributed by atoms with E-state index in [1.54, 1.807) is 0 Å². The van der Waals surface area contributed by atoms with Crippen molar-refractivity contribution in [1.29, 1.82) is 0 Å². The molecule has 0 saturated heterocycles. The van der Waals surface area contributed by atoms with Crippen LogP contribution in [0.2, 0.25) is 0 Å². The predicted molar refractivity (Wildman–Crippen MR) is 144 cm³/mol. The van der Waals surface area contributed by atoms with Crippen molar-refractivity contribution in [3.05, 3.63) is 30.1 Å². The van der Waals surface area contributed by atoms with Crippen LogP contribution in [0.1, 0.15) is 105 Å². The van der Waals surface area contributed by atoms with Crippen molar-refractivity contribution < 1.29 is 14.9 Å². The van der Waals surface area contributed by atoms with E-state index in [0.717, 1.165) is 55.0 Å². The zero-order valence-corrected chi connectivity index (χ0v) is 23.5. The van der Waals surface area contributed by atoms with E-state index < -0.39 is 5.60 Å². The molecule has 5 rings (SSSR count). The van der Waals surface area contributed by atoms with Gasteiger partial charge in [-0.05, 0) is 137 Å². The van der Waals surface area contributed by atoms with E-state index in [-0.39, 0.29) is 17.6 Å². The summed E-state index contributed by atoms with van der Waals surface area (Å²) in [6, 6.07) is 5.94. The van der Waals surface area contributed by atoms with Gasteiger partial charge >= 0.3 is 0 Å². The van der Waals surface area contributed by atoms with E-state index in [4.69, 9.17) is 4.74 Å². The maximum absolute atomic E-state index is 11.5. The number of pyridine rings is 1. The van der Waals surface area contributed by atoms with Gasteiger partial charge in [0.25, 0.3) is 0 Å². The van der Waals surface area contributed by atoms with Gasteiger partial charge in [0.05, 0.1) is 30.1 Å². The van der Waals surface area contributed by atoms with Gasteiger partial charge < -0.3 is 14.9 Å². The van der Waals surface area contributed by atoms with Crippen molar-refractivity contribution in [2.24, 2.45) is 46.3 Å². The van der Waals surface area contributed by atoms with Gasteiger partial charge in [-0.15, -0.1) is 0 Å². The Labute approximate surface area is 219 Å². The molecule has 0 amide bonds. The lowest BCUT2D eigenvalue weighted by Crippen LogP contribution is -2.58. The summed E-state index contributed by atoms with van der Waals surface area (Å²) in [5.41, 5.74) is 1.07. The van der Waals surface area contributed by atoms with Crippen LogP contribution in [0.4, 0.5) is 0 Å². The molecule has 4 saturated carbocycles. The molecule has 0 spiro atoms. The zero-order chi connectivity index (χ0) is 25.7. The fourth-order valence-corrected chi connectivity index (χ4v) is 9.92. The Morgan fingerprint density at radius 1 is 1.00 bits per heavy atom. The second-order valence-electron chi connectivity index (χ2n) is 14.3. The Hall–Kier alpha value is -0.970. The lowest BCUT2D eigenvalue weighted by molar-refractivity contribution is -0.188. The summed E-state index contributed by atoms with van der Waals surface area (Å²) in [7, 11) is 0. The summed E-state index contributed by atoms with van der Waals surface area (Å²) < 4.78 is 6.25. The molecule has 1 aromatic heterocycles. The molecule has 2 N–H and O–H groups in total. The van der Waals surface area contributed by atoms with Crippen LogP contribution >= 0.6 is 0 Å². The molecule has 0 unspecified atom stereocenters. The zero-order valence-electron chi connectivity index (χ0n) is 23.5. The number of aliphatic hydroxyl groups is 2. The number of aromatic nitrogens is 1. The van der Waals surface area contributed by atoms with Gasteiger partial charge in [0, 0.05) is 6.20 Å². The highest BCUT2D eigenvalue weighted by Gasteiger charge is 2.62. The molecule has 4 aliphatic carbocycles. The number of hydrogen-bond donors (Lipinski definition) is 2. The molecule has 4 fully saturated rings. The molecule has 0 radical (unpaired) electrons. The molecule has 1 heterocycles. The van der Waals surface area contributed by atoms with Crippen LogP contribution in [-0.4, -0.2) is 33.0 Å². The number of ether oxygens (including phenoxy) is 1. The fourth-order valence-electron chi connectivity index (χ4n) is 9.92. The average molecular weight is 498 g/mol. The number of nitrogens with zero attached hydrogens (tertiary/aromatic N) is 1. The van der Waals surface area contributed by atoms with E-state index in [2.05, 4.69) is 25.8 Å². The highest BCUT2D eigenvalue weighted by molar-refractivity contribution is 5.11. The quantitative estimate of drug-likeness (QED) is 0.436. The highest BCUT2D eigenvalue weighted by atomic mass is 16.5. The summed E-state index contributed by atoms with van der Waals surface area (Å²) in [5.74, 6) is 4.22. The largest absolute Gasteiger partial charge is 0.390 e. The maximum atomic E-state index is 11.5. The number of rotatable bonds is 7. The Balaban J connectivity index is 1.25. The summed E-state index contributed by atoms with van der Waals surface area (Å²) >= 11 is 0. The van der Waals surface area contributed by atoms with E-state index in [1.165, 1.54) is 38.5 Å². The minimum atomic E-state index is -0.557. The first kappa shape index (κ1) is 26.6. The third-order valence-electron chi connectivity index (χ3n) is 11.8. The first-order valence-electron chi connectivity index (χ1n) is 14.9. The standard InChI is InChI=1S/C32H51NO3/c1-21(13-16-30(2,3)35)24-11-12-25-23-9-10-27-29(34)28(36-20-22-8-6-7-19-33-22)15-18-32(27,5)26(23)14-17-31(24,25)4/h6-8,19,21,23-29,34-35H,9-18,20H2,1-5H3/t21-,23+,24-,25+,26+,27+,28+,29-,31-,32-/m1/s1.